The third-order valence-electron chi connectivity index (χ3n) is 5.61. The van der Waals surface area contributed by atoms with Crippen LogP contribution in [0.25, 0.3) is 0 Å². The molecule has 2 fully saturated rings. The molecule has 138 valence electrons. The highest BCUT2D eigenvalue weighted by Crippen LogP contribution is 2.31. The molecule has 0 bridgehead atoms. The molecule has 0 saturated carbocycles. The average Bonchev–Trinajstić information content (AvgIpc) is 2.79. The summed E-state index contributed by atoms with van der Waals surface area (Å²) < 4.78 is 0. The molecule has 8 nitrogen and oxygen atoms in total. The lowest BCUT2D eigenvalue weighted by molar-refractivity contribution is -0.121. The normalized spacial score (nSPS) is 24.0. The second kappa shape index (κ2) is 6.92. The SMILES string of the molecule is Cc1[nH]c(=O)c(C#N)cc1C(=O)N1CCN(C)[C@@]2(CCNC(=O)CC2)C1. The van der Waals surface area contributed by atoms with E-state index < -0.39 is 5.56 Å². The first kappa shape index (κ1) is 18.1. The Morgan fingerprint density at radius 3 is 2.81 bits per heavy atom. The number of hydrogen-bond donors (Lipinski definition) is 2. The van der Waals surface area contributed by atoms with Crippen molar-refractivity contribution in [3.8, 4) is 6.07 Å². The van der Waals surface area contributed by atoms with Gasteiger partial charge in [-0.2, -0.15) is 5.26 Å². The minimum Gasteiger partial charge on any atom is -0.356 e. The van der Waals surface area contributed by atoms with Gasteiger partial charge in [0.25, 0.3) is 11.5 Å². The van der Waals surface area contributed by atoms with Gasteiger partial charge in [-0.05, 0) is 32.9 Å². The van der Waals surface area contributed by atoms with Crippen molar-refractivity contribution in [3.05, 3.63) is 33.2 Å². The van der Waals surface area contributed by atoms with E-state index in [1.165, 1.54) is 6.07 Å². The Bertz CT molecular complexity index is 840. The van der Waals surface area contributed by atoms with E-state index in [0.717, 1.165) is 6.42 Å². The number of likely N-dealkylation sites (N-methyl/N-ethyl adjacent to an activating group) is 1. The van der Waals surface area contributed by atoms with Crippen molar-refractivity contribution in [2.24, 2.45) is 0 Å². The number of hydrogen-bond acceptors (Lipinski definition) is 5. The molecule has 26 heavy (non-hydrogen) atoms. The maximum absolute atomic E-state index is 13.1. The summed E-state index contributed by atoms with van der Waals surface area (Å²) in [5.41, 5.74) is 0.0338. The summed E-state index contributed by atoms with van der Waals surface area (Å²) in [7, 11) is 2.04. The summed E-state index contributed by atoms with van der Waals surface area (Å²) in [6, 6.07) is 3.20. The molecule has 1 aromatic rings. The Labute approximate surface area is 151 Å². The Hall–Kier alpha value is -2.66. The van der Waals surface area contributed by atoms with Crippen molar-refractivity contribution in [2.45, 2.75) is 31.7 Å². The fourth-order valence-electron chi connectivity index (χ4n) is 3.87. The Morgan fingerprint density at radius 1 is 1.31 bits per heavy atom. The van der Waals surface area contributed by atoms with Gasteiger partial charge in [-0.3, -0.25) is 19.3 Å². The molecule has 0 aliphatic carbocycles. The van der Waals surface area contributed by atoms with E-state index in [2.05, 4.69) is 15.2 Å². The standard InChI is InChI=1S/C18H23N5O3/c1-12-14(9-13(10-19)16(25)21-12)17(26)23-8-7-22(2)18(11-23)4-3-15(24)20-6-5-18/h9H,3-8,11H2,1-2H3,(H,20,24)(H,21,25)/t18-/m0/s1. The molecular formula is C18H23N5O3. The largest absolute Gasteiger partial charge is 0.356 e. The van der Waals surface area contributed by atoms with Crippen LogP contribution in [0.2, 0.25) is 0 Å². The first-order chi connectivity index (χ1) is 12.4. The van der Waals surface area contributed by atoms with Gasteiger partial charge in [0.05, 0.1) is 5.56 Å². The van der Waals surface area contributed by atoms with Crippen molar-refractivity contribution < 1.29 is 9.59 Å². The van der Waals surface area contributed by atoms with Gasteiger partial charge >= 0.3 is 0 Å². The van der Waals surface area contributed by atoms with Crippen molar-refractivity contribution in [3.63, 3.8) is 0 Å². The maximum atomic E-state index is 13.1. The molecule has 2 aliphatic rings. The lowest BCUT2D eigenvalue weighted by Gasteiger charge is -2.49. The summed E-state index contributed by atoms with van der Waals surface area (Å²) in [6.07, 6.45) is 1.93. The summed E-state index contributed by atoms with van der Waals surface area (Å²) in [6.45, 7) is 4.07. The highest BCUT2D eigenvalue weighted by molar-refractivity contribution is 5.95. The van der Waals surface area contributed by atoms with E-state index in [4.69, 9.17) is 5.26 Å². The number of piperazine rings is 1. The Morgan fingerprint density at radius 2 is 2.08 bits per heavy atom. The molecule has 0 unspecified atom stereocenters. The molecule has 2 saturated heterocycles. The maximum Gasteiger partial charge on any atom is 0.266 e. The number of nitrogens with one attached hydrogen (secondary N) is 2. The van der Waals surface area contributed by atoms with Crippen LogP contribution in [0.3, 0.4) is 0 Å². The van der Waals surface area contributed by atoms with E-state index in [9.17, 15) is 14.4 Å². The summed E-state index contributed by atoms with van der Waals surface area (Å²) >= 11 is 0. The number of aryl methyl sites for hydroxylation is 1. The Balaban J connectivity index is 1.88. The van der Waals surface area contributed by atoms with E-state index in [1.54, 1.807) is 11.8 Å². The van der Waals surface area contributed by atoms with Gasteiger partial charge in [0.15, 0.2) is 0 Å². The van der Waals surface area contributed by atoms with Crippen LogP contribution < -0.4 is 10.9 Å². The second-order valence-corrected chi connectivity index (χ2v) is 7.14. The molecule has 2 aliphatic heterocycles. The quantitative estimate of drug-likeness (QED) is 0.734. The van der Waals surface area contributed by atoms with Crippen LogP contribution in [0.5, 0.6) is 0 Å². The molecule has 3 rings (SSSR count). The van der Waals surface area contributed by atoms with Crippen LogP contribution in [-0.4, -0.2) is 65.4 Å². The lowest BCUT2D eigenvalue weighted by Crippen LogP contribution is -2.62. The van der Waals surface area contributed by atoms with E-state index in [1.807, 2.05) is 13.1 Å². The highest BCUT2D eigenvalue weighted by atomic mass is 16.2. The molecule has 0 aromatic carbocycles. The molecule has 2 amide bonds. The predicted octanol–water partition coefficient (Wildman–Crippen LogP) is -0.0185. The highest BCUT2D eigenvalue weighted by Gasteiger charge is 2.42. The fraction of sp³-hybridized carbons (Fsp3) is 0.556. The van der Waals surface area contributed by atoms with Gasteiger partial charge in [-0.1, -0.05) is 0 Å². The minimum atomic E-state index is -0.482. The van der Waals surface area contributed by atoms with Crippen LogP contribution in [-0.2, 0) is 4.79 Å². The zero-order chi connectivity index (χ0) is 18.9. The number of aromatic nitrogens is 1. The predicted molar refractivity (Wildman–Crippen MR) is 94.6 cm³/mol. The molecule has 1 aromatic heterocycles. The topological polar surface area (TPSA) is 109 Å². The zero-order valence-corrected chi connectivity index (χ0v) is 15.1. The summed E-state index contributed by atoms with van der Waals surface area (Å²) in [5.74, 6) is -0.139. The summed E-state index contributed by atoms with van der Waals surface area (Å²) in [5, 5.41) is 12.0. The molecule has 8 heteroatoms. The minimum absolute atomic E-state index is 0.0499. The molecule has 1 atom stereocenters. The first-order valence-corrected chi connectivity index (χ1v) is 8.77. The van der Waals surface area contributed by atoms with E-state index in [0.29, 0.717) is 50.3 Å². The van der Waals surface area contributed by atoms with Crippen LogP contribution in [0, 0.1) is 18.3 Å². The van der Waals surface area contributed by atoms with E-state index >= 15 is 0 Å². The molecule has 3 heterocycles. The number of nitriles is 1. The number of carbonyl (C=O) groups excluding carboxylic acids is 2. The third kappa shape index (κ3) is 3.22. The van der Waals surface area contributed by atoms with Crippen molar-refractivity contribution in [1.29, 1.82) is 5.26 Å². The summed E-state index contributed by atoms with van der Waals surface area (Å²) in [4.78, 5) is 43.1. The van der Waals surface area contributed by atoms with Crippen molar-refractivity contribution in [2.75, 3.05) is 33.2 Å². The smallest absolute Gasteiger partial charge is 0.266 e. The number of amides is 2. The zero-order valence-electron chi connectivity index (χ0n) is 15.1. The van der Waals surface area contributed by atoms with E-state index in [-0.39, 0.29) is 22.9 Å². The van der Waals surface area contributed by atoms with Gasteiger partial charge in [0.2, 0.25) is 5.91 Å². The number of carbonyl (C=O) groups is 2. The number of H-pyrrole nitrogens is 1. The monoisotopic (exact) mass is 357 g/mol. The number of rotatable bonds is 1. The average molecular weight is 357 g/mol. The van der Waals surface area contributed by atoms with Gasteiger partial charge in [-0.15, -0.1) is 0 Å². The van der Waals surface area contributed by atoms with Crippen molar-refractivity contribution >= 4 is 11.8 Å². The van der Waals surface area contributed by atoms with Gasteiger partial charge < -0.3 is 15.2 Å². The second-order valence-electron chi connectivity index (χ2n) is 7.14. The van der Waals surface area contributed by atoms with Gasteiger partial charge in [-0.25, -0.2) is 0 Å². The fourth-order valence-corrected chi connectivity index (χ4v) is 3.87. The third-order valence-corrected chi connectivity index (χ3v) is 5.61. The van der Waals surface area contributed by atoms with Crippen LogP contribution in [0.1, 0.15) is 40.9 Å². The molecule has 1 spiro atoms. The molecule has 0 radical (unpaired) electrons. The molecule has 2 N–H and O–H groups in total. The van der Waals surface area contributed by atoms with Gasteiger partial charge in [0.1, 0.15) is 11.6 Å². The number of nitrogens with zero attached hydrogens (tertiary/aromatic N) is 3. The van der Waals surface area contributed by atoms with Gasteiger partial charge in [0, 0.05) is 43.8 Å². The number of pyridine rings is 1. The first-order valence-electron chi connectivity index (χ1n) is 8.77. The lowest BCUT2D eigenvalue weighted by atomic mass is 9.86. The van der Waals surface area contributed by atoms with Crippen LogP contribution in [0.4, 0.5) is 0 Å². The molecular weight excluding hydrogens is 334 g/mol. The van der Waals surface area contributed by atoms with Crippen LogP contribution >= 0.6 is 0 Å². The van der Waals surface area contributed by atoms with Crippen molar-refractivity contribution in [1.82, 2.24) is 20.1 Å². The van der Waals surface area contributed by atoms with Crippen LogP contribution in [0.15, 0.2) is 10.9 Å². The number of aromatic amines is 1. The Kier molecular flexibility index (Phi) is 4.83.